The highest BCUT2D eigenvalue weighted by Gasteiger charge is 2.39. The maximum Gasteiger partial charge on any atom is 0.296 e. The highest BCUT2D eigenvalue weighted by molar-refractivity contribution is 5.85. The minimum absolute atomic E-state index is 0. The number of hydrogen-bond acceptors (Lipinski definition) is 6. The molecule has 0 aromatic carbocycles. The number of rotatable bonds is 4. The molecule has 1 aliphatic rings. The van der Waals surface area contributed by atoms with Crippen LogP contribution in [0.15, 0.2) is 15.1 Å². The zero-order valence-electron chi connectivity index (χ0n) is 11.6. The molecule has 0 spiro atoms. The van der Waals surface area contributed by atoms with Gasteiger partial charge in [-0.2, -0.15) is 4.98 Å². The van der Waals surface area contributed by atoms with E-state index in [0.29, 0.717) is 23.4 Å². The van der Waals surface area contributed by atoms with Crippen molar-refractivity contribution in [3.63, 3.8) is 0 Å². The first-order valence-electron chi connectivity index (χ1n) is 6.72. The van der Waals surface area contributed by atoms with Crippen molar-refractivity contribution < 1.29 is 9.05 Å². The van der Waals surface area contributed by atoms with Crippen LogP contribution in [0.25, 0.3) is 11.7 Å². The van der Waals surface area contributed by atoms with Crippen molar-refractivity contribution >= 4 is 12.4 Å². The van der Waals surface area contributed by atoms with Crippen LogP contribution >= 0.6 is 12.4 Å². The van der Waals surface area contributed by atoms with Gasteiger partial charge in [-0.25, -0.2) is 0 Å². The maximum absolute atomic E-state index is 6.16. The van der Waals surface area contributed by atoms with Gasteiger partial charge in [0.1, 0.15) is 0 Å². The summed E-state index contributed by atoms with van der Waals surface area (Å²) in [6.07, 6.45) is 3.93. The van der Waals surface area contributed by atoms with E-state index in [1.54, 1.807) is 0 Å². The molecule has 1 saturated carbocycles. The highest BCUT2D eigenvalue weighted by atomic mass is 35.5. The number of halogens is 1. The van der Waals surface area contributed by atoms with Gasteiger partial charge in [0.05, 0.1) is 11.2 Å². The summed E-state index contributed by atoms with van der Waals surface area (Å²) in [5.41, 5.74) is 6.65. The minimum atomic E-state index is -0.415. The third-order valence-electron chi connectivity index (χ3n) is 3.97. The molecular weight excluding hydrogens is 280 g/mol. The molecule has 2 aromatic rings. The van der Waals surface area contributed by atoms with Crippen molar-refractivity contribution in [2.24, 2.45) is 5.73 Å². The van der Waals surface area contributed by atoms with Crippen LogP contribution in [-0.2, 0) is 5.54 Å². The topological polar surface area (TPSA) is 91.0 Å². The Morgan fingerprint density at radius 2 is 2.10 bits per heavy atom. The van der Waals surface area contributed by atoms with Crippen LogP contribution in [0.1, 0.15) is 57.0 Å². The lowest BCUT2D eigenvalue weighted by molar-refractivity contribution is 0.229. The average Bonchev–Trinajstić information content (AvgIpc) is 3.03. The lowest BCUT2D eigenvalue weighted by Gasteiger charge is -2.34. The largest absolute Gasteiger partial charge is 0.351 e. The van der Waals surface area contributed by atoms with Gasteiger partial charge >= 0.3 is 0 Å². The molecule has 2 heterocycles. The van der Waals surface area contributed by atoms with Crippen molar-refractivity contribution in [3.8, 4) is 11.7 Å². The molecule has 1 atom stereocenters. The fourth-order valence-electron chi connectivity index (χ4n) is 2.14. The Morgan fingerprint density at radius 1 is 1.35 bits per heavy atom. The molecule has 110 valence electrons. The summed E-state index contributed by atoms with van der Waals surface area (Å²) in [5, 5.41) is 8.00. The smallest absolute Gasteiger partial charge is 0.296 e. The summed E-state index contributed by atoms with van der Waals surface area (Å²) < 4.78 is 10.5. The van der Waals surface area contributed by atoms with E-state index in [4.69, 9.17) is 14.8 Å². The van der Waals surface area contributed by atoms with Gasteiger partial charge in [0.25, 0.3) is 5.89 Å². The molecule has 2 N–H and O–H groups in total. The van der Waals surface area contributed by atoms with Crippen molar-refractivity contribution in [2.45, 2.75) is 51.0 Å². The van der Waals surface area contributed by atoms with Crippen molar-refractivity contribution in [2.75, 3.05) is 0 Å². The second kappa shape index (κ2) is 5.54. The molecule has 7 heteroatoms. The number of nitrogens with two attached hydrogens (primary N) is 1. The minimum Gasteiger partial charge on any atom is -0.351 e. The first-order chi connectivity index (χ1) is 9.12. The molecule has 20 heavy (non-hydrogen) atoms. The molecule has 0 aliphatic heterocycles. The Labute approximate surface area is 123 Å². The molecule has 0 radical (unpaired) electrons. The van der Waals surface area contributed by atoms with Gasteiger partial charge in [0.15, 0.2) is 5.82 Å². The van der Waals surface area contributed by atoms with Gasteiger partial charge in [0.2, 0.25) is 5.76 Å². The molecule has 0 amide bonds. The molecule has 0 saturated heterocycles. The van der Waals surface area contributed by atoms with Crippen LogP contribution in [0.5, 0.6) is 0 Å². The van der Waals surface area contributed by atoms with Crippen LogP contribution in [0.2, 0.25) is 0 Å². The summed E-state index contributed by atoms with van der Waals surface area (Å²) in [6, 6.07) is 1.86. The Bertz CT molecular complexity index is 576. The molecule has 0 bridgehead atoms. The molecule has 6 nitrogen and oxygen atoms in total. The zero-order valence-corrected chi connectivity index (χ0v) is 12.4. The first kappa shape index (κ1) is 15.0. The van der Waals surface area contributed by atoms with Crippen LogP contribution in [0.3, 0.4) is 0 Å². The summed E-state index contributed by atoms with van der Waals surface area (Å²) in [4.78, 5) is 4.34. The van der Waals surface area contributed by atoms with Crippen molar-refractivity contribution in [3.05, 3.63) is 17.6 Å². The zero-order chi connectivity index (χ0) is 13.5. The third-order valence-corrected chi connectivity index (χ3v) is 3.97. The monoisotopic (exact) mass is 298 g/mol. The second-order valence-electron chi connectivity index (χ2n) is 5.36. The Balaban J connectivity index is 0.00000147. The van der Waals surface area contributed by atoms with Gasteiger partial charge in [-0.3, -0.25) is 0 Å². The van der Waals surface area contributed by atoms with Crippen LogP contribution in [0.4, 0.5) is 0 Å². The van der Waals surface area contributed by atoms with Gasteiger partial charge < -0.3 is 14.8 Å². The lowest BCUT2D eigenvalue weighted by atomic mass is 9.77. The molecular formula is C13H19ClN4O2. The fourth-order valence-corrected chi connectivity index (χ4v) is 2.14. The van der Waals surface area contributed by atoms with E-state index in [1.165, 1.54) is 0 Å². The van der Waals surface area contributed by atoms with E-state index in [9.17, 15) is 0 Å². The van der Waals surface area contributed by atoms with E-state index in [1.807, 2.05) is 6.07 Å². The van der Waals surface area contributed by atoms with Gasteiger partial charge in [-0.15, -0.1) is 12.4 Å². The van der Waals surface area contributed by atoms with E-state index >= 15 is 0 Å². The third kappa shape index (κ3) is 2.45. The number of nitrogens with zero attached hydrogens (tertiary/aromatic N) is 3. The SMILES string of the molecule is CCC(C)c1cc(-c2nc(C3(N)CCC3)no2)on1.Cl. The normalized spacial score (nSPS) is 18.1. The Kier molecular flexibility index (Phi) is 4.15. The lowest BCUT2D eigenvalue weighted by Crippen LogP contribution is -2.44. The van der Waals surface area contributed by atoms with Crippen molar-refractivity contribution in [1.29, 1.82) is 0 Å². The van der Waals surface area contributed by atoms with Gasteiger partial charge in [0, 0.05) is 12.0 Å². The molecule has 3 rings (SSSR count). The molecule has 1 unspecified atom stereocenters. The number of aromatic nitrogens is 3. The maximum atomic E-state index is 6.16. The summed E-state index contributed by atoms with van der Waals surface area (Å²) in [6.45, 7) is 4.21. The van der Waals surface area contributed by atoms with E-state index in [2.05, 4.69) is 29.1 Å². The molecule has 1 fully saturated rings. The van der Waals surface area contributed by atoms with E-state index in [0.717, 1.165) is 31.4 Å². The predicted molar refractivity (Wildman–Crippen MR) is 75.5 cm³/mol. The second-order valence-corrected chi connectivity index (χ2v) is 5.36. The molecule has 1 aliphatic carbocycles. The Hall–Kier alpha value is -1.40. The summed E-state index contributed by atoms with van der Waals surface area (Å²) in [5.74, 6) is 1.79. The summed E-state index contributed by atoms with van der Waals surface area (Å²) >= 11 is 0. The quantitative estimate of drug-likeness (QED) is 0.933. The van der Waals surface area contributed by atoms with Crippen LogP contribution in [-0.4, -0.2) is 15.3 Å². The molecule has 2 aromatic heterocycles. The van der Waals surface area contributed by atoms with E-state index in [-0.39, 0.29) is 12.4 Å². The van der Waals surface area contributed by atoms with Crippen molar-refractivity contribution in [1.82, 2.24) is 15.3 Å². The summed E-state index contributed by atoms with van der Waals surface area (Å²) in [7, 11) is 0. The Morgan fingerprint density at radius 3 is 2.70 bits per heavy atom. The predicted octanol–water partition coefficient (Wildman–Crippen LogP) is 3.00. The van der Waals surface area contributed by atoms with Crippen LogP contribution in [0, 0.1) is 0 Å². The standard InChI is InChI=1S/C13H18N4O2.ClH/c1-3-8(2)9-7-10(18-16-9)11-15-12(17-19-11)13(14)5-4-6-13;/h7-8H,3-6,14H2,1-2H3;1H. The fraction of sp³-hybridized carbons (Fsp3) is 0.615. The average molecular weight is 299 g/mol. The van der Waals surface area contributed by atoms with E-state index < -0.39 is 5.54 Å². The highest BCUT2D eigenvalue weighted by Crippen LogP contribution is 2.37. The number of hydrogen-bond donors (Lipinski definition) is 1. The van der Waals surface area contributed by atoms with Crippen LogP contribution < -0.4 is 5.73 Å². The first-order valence-corrected chi connectivity index (χ1v) is 6.72. The van der Waals surface area contributed by atoms with Gasteiger partial charge in [-0.1, -0.05) is 24.2 Å². The van der Waals surface area contributed by atoms with Gasteiger partial charge in [-0.05, 0) is 25.7 Å².